The average molecular weight is 297 g/mol. The highest BCUT2D eigenvalue weighted by atomic mass is 32.1. The van der Waals surface area contributed by atoms with Crippen LogP contribution in [0.3, 0.4) is 0 Å². The number of amides is 1. The zero-order valence-electron chi connectivity index (χ0n) is 11.8. The molecule has 1 heterocycles. The molecule has 0 atom stereocenters. The fourth-order valence-corrected chi connectivity index (χ4v) is 3.04. The maximum absolute atomic E-state index is 12.0. The highest BCUT2D eigenvalue weighted by Gasteiger charge is 2.05. The van der Waals surface area contributed by atoms with Gasteiger partial charge in [-0.1, -0.05) is 41.2 Å². The molecule has 0 fully saturated rings. The highest BCUT2D eigenvalue weighted by Crippen LogP contribution is 2.14. The van der Waals surface area contributed by atoms with Crippen molar-refractivity contribution in [3.63, 3.8) is 0 Å². The molecular formula is C16H15N3OS. The van der Waals surface area contributed by atoms with Gasteiger partial charge < -0.3 is 4.57 Å². The van der Waals surface area contributed by atoms with Crippen LogP contribution in [0.2, 0.25) is 0 Å². The molecule has 0 spiro atoms. The number of benzene rings is 2. The number of nitrogens with one attached hydrogen (secondary N) is 1. The first kappa shape index (κ1) is 13.6. The van der Waals surface area contributed by atoms with Gasteiger partial charge in [0.2, 0.25) is 4.80 Å². The molecule has 2 aromatic carbocycles. The zero-order valence-corrected chi connectivity index (χ0v) is 12.6. The fraction of sp³-hybridized carbons (Fsp3) is 0.125. The Kier molecular flexibility index (Phi) is 3.58. The van der Waals surface area contributed by atoms with Crippen molar-refractivity contribution in [2.24, 2.45) is 12.1 Å². The number of aryl methyl sites for hydroxylation is 2. The van der Waals surface area contributed by atoms with Crippen molar-refractivity contribution in [1.82, 2.24) is 9.99 Å². The first-order chi connectivity index (χ1) is 10.1. The normalized spacial score (nSPS) is 11.8. The van der Waals surface area contributed by atoms with E-state index in [9.17, 15) is 4.79 Å². The second-order valence-corrected chi connectivity index (χ2v) is 5.84. The van der Waals surface area contributed by atoms with Crippen molar-refractivity contribution in [2.45, 2.75) is 6.92 Å². The number of fused-ring (bicyclic) bond motifs is 1. The maximum atomic E-state index is 12.0. The smallest absolute Gasteiger partial charge is 0.271 e. The van der Waals surface area contributed by atoms with Crippen molar-refractivity contribution in [3.8, 4) is 0 Å². The molecule has 3 rings (SSSR count). The van der Waals surface area contributed by atoms with Crippen LogP contribution in [0.25, 0.3) is 10.2 Å². The lowest BCUT2D eigenvalue weighted by Crippen LogP contribution is -2.23. The van der Waals surface area contributed by atoms with Crippen LogP contribution in [0.15, 0.2) is 53.6 Å². The summed E-state index contributed by atoms with van der Waals surface area (Å²) in [5, 5.41) is 4.22. The summed E-state index contributed by atoms with van der Waals surface area (Å²) < 4.78 is 3.11. The number of hydrogen-bond acceptors (Lipinski definition) is 3. The van der Waals surface area contributed by atoms with E-state index in [1.807, 2.05) is 54.9 Å². The number of nitrogens with zero attached hydrogens (tertiary/aromatic N) is 2. The Morgan fingerprint density at radius 2 is 1.86 bits per heavy atom. The number of para-hydroxylation sites is 1. The van der Waals surface area contributed by atoms with E-state index in [1.165, 1.54) is 0 Å². The minimum atomic E-state index is -0.201. The van der Waals surface area contributed by atoms with E-state index < -0.39 is 0 Å². The second kappa shape index (κ2) is 5.54. The number of rotatable bonds is 2. The molecule has 0 aliphatic heterocycles. The molecular weight excluding hydrogens is 282 g/mol. The van der Waals surface area contributed by atoms with E-state index in [4.69, 9.17) is 0 Å². The summed E-state index contributed by atoms with van der Waals surface area (Å²) in [6.07, 6.45) is 0. The molecule has 0 radical (unpaired) electrons. The minimum absolute atomic E-state index is 0.201. The van der Waals surface area contributed by atoms with E-state index in [-0.39, 0.29) is 5.91 Å². The van der Waals surface area contributed by atoms with E-state index >= 15 is 0 Å². The molecule has 5 heteroatoms. The van der Waals surface area contributed by atoms with Crippen LogP contribution in [0.4, 0.5) is 0 Å². The average Bonchev–Trinajstić information content (AvgIpc) is 2.82. The number of thiazole rings is 1. The molecule has 0 saturated carbocycles. The molecule has 0 aliphatic rings. The van der Waals surface area contributed by atoms with Crippen LogP contribution in [-0.2, 0) is 7.05 Å². The van der Waals surface area contributed by atoms with Crippen LogP contribution in [0.1, 0.15) is 15.9 Å². The van der Waals surface area contributed by atoms with Gasteiger partial charge >= 0.3 is 0 Å². The summed E-state index contributed by atoms with van der Waals surface area (Å²) in [5.74, 6) is -0.201. The van der Waals surface area contributed by atoms with Gasteiger partial charge in [-0.2, -0.15) is 0 Å². The van der Waals surface area contributed by atoms with Crippen LogP contribution >= 0.6 is 11.3 Å². The van der Waals surface area contributed by atoms with Crippen molar-refractivity contribution in [1.29, 1.82) is 0 Å². The molecule has 21 heavy (non-hydrogen) atoms. The molecule has 1 N–H and O–H groups in total. The van der Waals surface area contributed by atoms with Crippen molar-refractivity contribution < 1.29 is 4.79 Å². The number of hydrogen-bond donors (Lipinski definition) is 1. The van der Waals surface area contributed by atoms with Gasteiger partial charge in [0, 0.05) is 12.6 Å². The number of aromatic nitrogens is 1. The summed E-state index contributed by atoms with van der Waals surface area (Å²) in [6.45, 7) is 1.99. The molecule has 0 aliphatic carbocycles. The molecule has 1 amide bonds. The number of carbonyl (C=O) groups excluding carboxylic acids is 1. The minimum Gasteiger partial charge on any atom is -0.318 e. The van der Waals surface area contributed by atoms with Crippen LogP contribution in [0.5, 0.6) is 0 Å². The van der Waals surface area contributed by atoms with Crippen molar-refractivity contribution in [3.05, 3.63) is 64.5 Å². The Morgan fingerprint density at radius 3 is 2.57 bits per heavy atom. The van der Waals surface area contributed by atoms with Crippen LogP contribution in [-0.4, -0.2) is 10.5 Å². The Bertz CT molecular complexity index is 859. The van der Waals surface area contributed by atoms with Gasteiger partial charge in [-0.05, 0) is 31.2 Å². The van der Waals surface area contributed by atoms with E-state index in [2.05, 4.69) is 10.5 Å². The van der Waals surface area contributed by atoms with Gasteiger partial charge in [-0.25, -0.2) is 5.43 Å². The largest absolute Gasteiger partial charge is 0.318 e. The van der Waals surface area contributed by atoms with Gasteiger partial charge in [0.1, 0.15) is 0 Å². The second-order valence-electron chi connectivity index (χ2n) is 4.83. The lowest BCUT2D eigenvalue weighted by atomic mass is 10.1. The van der Waals surface area contributed by atoms with Crippen molar-refractivity contribution in [2.75, 3.05) is 0 Å². The van der Waals surface area contributed by atoms with E-state index in [1.54, 1.807) is 23.5 Å². The Hall–Kier alpha value is -2.40. The molecule has 0 unspecified atom stereocenters. The Labute approximate surface area is 126 Å². The summed E-state index contributed by atoms with van der Waals surface area (Å²) >= 11 is 1.55. The quantitative estimate of drug-likeness (QED) is 0.726. The Morgan fingerprint density at radius 1 is 1.14 bits per heavy atom. The predicted molar refractivity (Wildman–Crippen MR) is 85.0 cm³/mol. The first-order valence-electron chi connectivity index (χ1n) is 6.60. The Balaban J connectivity index is 1.89. The first-order valence-corrected chi connectivity index (χ1v) is 7.42. The van der Waals surface area contributed by atoms with Gasteiger partial charge in [0.05, 0.1) is 10.2 Å². The van der Waals surface area contributed by atoms with Gasteiger partial charge in [-0.15, -0.1) is 5.10 Å². The molecule has 3 aromatic rings. The summed E-state index contributed by atoms with van der Waals surface area (Å²) in [5.41, 5.74) is 5.44. The summed E-state index contributed by atoms with van der Waals surface area (Å²) in [7, 11) is 1.94. The SMILES string of the molecule is Cc1ccc(C(=O)N/N=c2\sc3ccccc3n2C)cc1. The van der Waals surface area contributed by atoms with Gasteiger partial charge in [0.15, 0.2) is 0 Å². The maximum Gasteiger partial charge on any atom is 0.271 e. The fourth-order valence-electron chi connectivity index (χ4n) is 2.06. The monoisotopic (exact) mass is 297 g/mol. The molecule has 0 saturated heterocycles. The predicted octanol–water partition coefficient (Wildman–Crippen LogP) is 2.79. The standard InChI is InChI=1S/C16H15N3OS/c1-11-7-9-12(10-8-11)15(20)17-18-16-19(2)13-5-3-4-6-14(13)21-16/h3-10H,1-2H3,(H,17,20)/b18-16-. The van der Waals surface area contributed by atoms with Gasteiger partial charge in [-0.3, -0.25) is 4.79 Å². The van der Waals surface area contributed by atoms with Crippen LogP contribution in [0, 0.1) is 6.92 Å². The lowest BCUT2D eigenvalue weighted by molar-refractivity contribution is 0.0953. The molecule has 1 aromatic heterocycles. The molecule has 4 nitrogen and oxygen atoms in total. The number of carbonyl (C=O) groups is 1. The third kappa shape index (κ3) is 2.73. The third-order valence-corrected chi connectivity index (χ3v) is 4.39. The van der Waals surface area contributed by atoms with E-state index in [0.29, 0.717) is 5.56 Å². The molecule has 0 bridgehead atoms. The van der Waals surface area contributed by atoms with Gasteiger partial charge in [0.25, 0.3) is 5.91 Å². The van der Waals surface area contributed by atoms with Crippen LogP contribution < -0.4 is 10.2 Å². The molecule has 106 valence electrons. The zero-order chi connectivity index (χ0) is 14.8. The topological polar surface area (TPSA) is 46.4 Å². The summed E-state index contributed by atoms with van der Waals surface area (Å²) in [6, 6.07) is 15.5. The highest BCUT2D eigenvalue weighted by molar-refractivity contribution is 7.16. The lowest BCUT2D eigenvalue weighted by Gasteiger charge is -2.00. The summed E-state index contributed by atoms with van der Waals surface area (Å²) in [4.78, 5) is 12.8. The van der Waals surface area contributed by atoms with E-state index in [0.717, 1.165) is 20.6 Å². The third-order valence-electron chi connectivity index (χ3n) is 3.28. The van der Waals surface area contributed by atoms with Crippen molar-refractivity contribution >= 4 is 27.5 Å².